The number of unbranched alkanes of at least 4 members (excludes halogenated alkanes) is 1. The van der Waals surface area contributed by atoms with E-state index in [4.69, 9.17) is 0 Å². The van der Waals surface area contributed by atoms with Crippen LogP contribution in [-0.2, 0) is 0 Å². The predicted molar refractivity (Wildman–Crippen MR) is 78.2 cm³/mol. The van der Waals surface area contributed by atoms with Gasteiger partial charge in [0.2, 0.25) is 0 Å². The Morgan fingerprint density at radius 2 is 1.88 bits per heavy atom. The van der Waals surface area contributed by atoms with Crippen LogP contribution in [0, 0.1) is 22.7 Å². The summed E-state index contributed by atoms with van der Waals surface area (Å²) in [6.07, 6.45) is 10.1. The molecule has 0 bridgehead atoms. The minimum absolute atomic E-state index is 0.485. The Morgan fingerprint density at radius 1 is 1.24 bits per heavy atom. The SMILES string of the molecule is CCCCC1CCCC1(CC(C)(C)C)C(C)C. The second-order valence-corrected chi connectivity index (χ2v) is 7.86. The summed E-state index contributed by atoms with van der Waals surface area (Å²) < 4.78 is 0. The molecule has 0 aromatic rings. The molecule has 0 saturated heterocycles. The average Bonchev–Trinajstić information content (AvgIpc) is 2.56. The second kappa shape index (κ2) is 5.76. The fraction of sp³-hybridized carbons (Fsp3) is 1.00. The van der Waals surface area contributed by atoms with Crippen molar-refractivity contribution in [2.75, 3.05) is 0 Å². The van der Waals surface area contributed by atoms with Crippen LogP contribution in [0.15, 0.2) is 0 Å². The van der Waals surface area contributed by atoms with Crippen LogP contribution in [0.5, 0.6) is 0 Å². The van der Waals surface area contributed by atoms with Gasteiger partial charge in [0, 0.05) is 0 Å². The number of rotatable bonds is 5. The fourth-order valence-electron chi connectivity index (χ4n) is 4.24. The van der Waals surface area contributed by atoms with Crippen LogP contribution in [-0.4, -0.2) is 0 Å². The van der Waals surface area contributed by atoms with Crippen LogP contribution < -0.4 is 0 Å². The van der Waals surface area contributed by atoms with E-state index >= 15 is 0 Å². The number of hydrogen-bond acceptors (Lipinski definition) is 0. The Hall–Kier alpha value is 0. The van der Waals surface area contributed by atoms with Gasteiger partial charge in [0.05, 0.1) is 0 Å². The molecule has 0 heterocycles. The molecule has 1 aliphatic carbocycles. The maximum atomic E-state index is 2.47. The average molecular weight is 238 g/mol. The van der Waals surface area contributed by atoms with E-state index in [1.165, 1.54) is 44.9 Å². The lowest BCUT2D eigenvalue weighted by atomic mass is 9.61. The van der Waals surface area contributed by atoms with Gasteiger partial charge >= 0.3 is 0 Å². The van der Waals surface area contributed by atoms with Crippen molar-refractivity contribution in [1.29, 1.82) is 0 Å². The molecule has 2 atom stereocenters. The van der Waals surface area contributed by atoms with E-state index in [0.717, 1.165) is 11.8 Å². The molecule has 0 aliphatic heterocycles. The van der Waals surface area contributed by atoms with Crippen molar-refractivity contribution in [1.82, 2.24) is 0 Å². The molecule has 2 unspecified atom stereocenters. The highest BCUT2D eigenvalue weighted by atomic mass is 14.5. The first-order valence-corrected chi connectivity index (χ1v) is 7.82. The summed E-state index contributed by atoms with van der Waals surface area (Å²) in [5.74, 6) is 1.85. The third-order valence-corrected chi connectivity index (χ3v) is 4.92. The fourth-order valence-corrected chi connectivity index (χ4v) is 4.24. The van der Waals surface area contributed by atoms with Gasteiger partial charge in [-0.25, -0.2) is 0 Å². The molecular weight excluding hydrogens is 204 g/mol. The van der Waals surface area contributed by atoms with Crippen molar-refractivity contribution in [2.24, 2.45) is 22.7 Å². The van der Waals surface area contributed by atoms with Gasteiger partial charge in [-0.3, -0.25) is 0 Å². The molecular formula is C17H34. The van der Waals surface area contributed by atoms with Gasteiger partial charge in [-0.1, -0.05) is 60.8 Å². The molecule has 1 saturated carbocycles. The molecule has 0 heteroatoms. The van der Waals surface area contributed by atoms with Crippen LogP contribution in [0.4, 0.5) is 0 Å². The Labute approximate surface area is 110 Å². The van der Waals surface area contributed by atoms with Crippen molar-refractivity contribution in [3.8, 4) is 0 Å². The van der Waals surface area contributed by atoms with Gasteiger partial charge in [0.25, 0.3) is 0 Å². The Morgan fingerprint density at radius 3 is 2.35 bits per heavy atom. The summed E-state index contributed by atoms with van der Waals surface area (Å²) in [6, 6.07) is 0. The molecule has 102 valence electrons. The maximum Gasteiger partial charge on any atom is -0.0241 e. The standard InChI is InChI=1S/C17H34/c1-7-8-10-15-11-9-12-17(15,14(2)3)13-16(4,5)6/h14-15H,7-13H2,1-6H3. The van der Waals surface area contributed by atoms with Gasteiger partial charge in [-0.05, 0) is 48.3 Å². The topological polar surface area (TPSA) is 0 Å². The molecule has 1 fully saturated rings. The Kier molecular flexibility index (Phi) is 5.10. The predicted octanol–water partition coefficient (Wildman–Crippen LogP) is 6.06. The summed E-state index contributed by atoms with van der Waals surface area (Å²) in [5, 5.41) is 0. The Bertz CT molecular complexity index is 221. The van der Waals surface area contributed by atoms with E-state index in [1.807, 2.05) is 0 Å². The van der Waals surface area contributed by atoms with E-state index in [2.05, 4.69) is 41.5 Å². The molecule has 0 aromatic carbocycles. The first kappa shape index (κ1) is 15.1. The smallest absolute Gasteiger partial charge is 0.0241 e. The molecule has 0 nitrogen and oxygen atoms in total. The van der Waals surface area contributed by atoms with Crippen LogP contribution in [0.25, 0.3) is 0 Å². The van der Waals surface area contributed by atoms with E-state index in [0.29, 0.717) is 10.8 Å². The minimum Gasteiger partial charge on any atom is -0.0654 e. The van der Waals surface area contributed by atoms with Gasteiger partial charge in [0.15, 0.2) is 0 Å². The molecule has 17 heavy (non-hydrogen) atoms. The van der Waals surface area contributed by atoms with Crippen molar-refractivity contribution in [3.63, 3.8) is 0 Å². The molecule has 0 N–H and O–H groups in total. The first-order valence-electron chi connectivity index (χ1n) is 7.82. The highest BCUT2D eigenvalue weighted by Crippen LogP contribution is 2.56. The maximum absolute atomic E-state index is 2.47. The summed E-state index contributed by atoms with van der Waals surface area (Å²) >= 11 is 0. The number of hydrogen-bond donors (Lipinski definition) is 0. The largest absolute Gasteiger partial charge is 0.0654 e. The van der Waals surface area contributed by atoms with Crippen LogP contribution in [0.1, 0.15) is 86.5 Å². The highest BCUT2D eigenvalue weighted by Gasteiger charge is 2.46. The zero-order chi connectivity index (χ0) is 13.1. The van der Waals surface area contributed by atoms with Crippen molar-refractivity contribution < 1.29 is 0 Å². The lowest BCUT2D eigenvalue weighted by Crippen LogP contribution is -2.35. The quantitative estimate of drug-likeness (QED) is 0.546. The van der Waals surface area contributed by atoms with E-state index < -0.39 is 0 Å². The van der Waals surface area contributed by atoms with Crippen LogP contribution in [0.2, 0.25) is 0 Å². The zero-order valence-corrected chi connectivity index (χ0v) is 13.1. The van der Waals surface area contributed by atoms with Gasteiger partial charge in [-0.2, -0.15) is 0 Å². The lowest BCUT2D eigenvalue weighted by Gasteiger charge is -2.44. The van der Waals surface area contributed by atoms with Crippen LogP contribution in [0.3, 0.4) is 0 Å². The molecule has 0 radical (unpaired) electrons. The second-order valence-electron chi connectivity index (χ2n) is 7.86. The van der Waals surface area contributed by atoms with Crippen molar-refractivity contribution in [3.05, 3.63) is 0 Å². The van der Waals surface area contributed by atoms with Gasteiger partial charge in [-0.15, -0.1) is 0 Å². The molecule has 1 rings (SSSR count). The van der Waals surface area contributed by atoms with E-state index in [-0.39, 0.29) is 0 Å². The lowest BCUT2D eigenvalue weighted by molar-refractivity contribution is 0.0556. The van der Waals surface area contributed by atoms with Gasteiger partial charge < -0.3 is 0 Å². The van der Waals surface area contributed by atoms with Crippen LogP contribution >= 0.6 is 0 Å². The molecule has 0 amide bonds. The monoisotopic (exact) mass is 238 g/mol. The van der Waals surface area contributed by atoms with E-state index in [9.17, 15) is 0 Å². The summed E-state index contributed by atoms with van der Waals surface area (Å²) in [4.78, 5) is 0. The van der Waals surface area contributed by atoms with Crippen molar-refractivity contribution in [2.45, 2.75) is 86.5 Å². The summed E-state index contributed by atoms with van der Waals surface area (Å²) in [7, 11) is 0. The van der Waals surface area contributed by atoms with E-state index in [1.54, 1.807) is 0 Å². The third-order valence-electron chi connectivity index (χ3n) is 4.92. The zero-order valence-electron chi connectivity index (χ0n) is 13.1. The molecule has 0 spiro atoms. The normalized spacial score (nSPS) is 30.2. The summed E-state index contributed by atoms with van der Waals surface area (Å²) in [6.45, 7) is 14.5. The first-order chi connectivity index (χ1) is 7.82. The van der Waals surface area contributed by atoms with Crippen molar-refractivity contribution >= 4 is 0 Å². The highest BCUT2D eigenvalue weighted by molar-refractivity contribution is 4.96. The minimum atomic E-state index is 0.485. The molecule has 1 aliphatic rings. The Balaban J connectivity index is 2.81. The van der Waals surface area contributed by atoms with Gasteiger partial charge in [0.1, 0.15) is 0 Å². The third kappa shape index (κ3) is 3.73. The summed E-state index contributed by atoms with van der Waals surface area (Å²) in [5.41, 5.74) is 1.13. The molecule has 0 aromatic heterocycles.